The topological polar surface area (TPSA) is 54.0 Å². The first-order valence-corrected chi connectivity index (χ1v) is 6.37. The number of nitriles is 1. The van der Waals surface area contributed by atoms with Gasteiger partial charge in [0, 0.05) is 17.3 Å². The smallest absolute Gasteiger partial charge is 0.194 e. The second-order valence-corrected chi connectivity index (χ2v) is 5.16. The zero-order valence-electron chi connectivity index (χ0n) is 9.79. The van der Waals surface area contributed by atoms with Gasteiger partial charge in [-0.3, -0.25) is 9.38 Å². The van der Waals surface area contributed by atoms with Gasteiger partial charge >= 0.3 is 0 Å². The second-order valence-electron chi connectivity index (χ2n) is 3.95. The molecule has 0 bridgehead atoms. The quantitative estimate of drug-likeness (QED) is 0.706. The van der Waals surface area contributed by atoms with Crippen molar-refractivity contribution in [1.29, 1.82) is 5.26 Å². The Balaban J connectivity index is 2.26. The molecule has 5 heteroatoms. The van der Waals surface area contributed by atoms with Gasteiger partial charge in [0.15, 0.2) is 4.96 Å². The van der Waals surface area contributed by atoms with E-state index in [0.717, 1.165) is 22.0 Å². The molecule has 0 atom stereocenters. The Morgan fingerprint density at radius 2 is 2.33 bits per heavy atom. The predicted octanol–water partition coefficient (Wildman–Crippen LogP) is 2.83. The van der Waals surface area contributed by atoms with Gasteiger partial charge in [-0.1, -0.05) is 6.07 Å². The van der Waals surface area contributed by atoms with Gasteiger partial charge in [-0.15, -0.1) is 11.3 Å². The first kappa shape index (κ1) is 10.9. The van der Waals surface area contributed by atoms with Crippen LogP contribution in [0.25, 0.3) is 16.3 Å². The molecule has 0 spiro atoms. The minimum Gasteiger partial charge on any atom is -0.293 e. The van der Waals surface area contributed by atoms with Crippen molar-refractivity contribution in [2.75, 3.05) is 0 Å². The van der Waals surface area contributed by atoms with E-state index in [1.54, 1.807) is 17.5 Å². The van der Waals surface area contributed by atoms with Crippen LogP contribution in [-0.4, -0.2) is 14.4 Å². The summed E-state index contributed by atoms with van der Waals surface area (Å²) in [7, 11) is 0. The summed E-state index contributed by atoms with van der Waals surface area (Å²) in [6, 6.07) is 7.91. The molecule has 0 saturated heterocycles. The van der Waals surface area contributed by atoms with Gasteiger partial charge in [0.25, 0.3) is 0 Å². The van der Waals surface area contributed by atoms with Crippen molar-refractivity contribution in [1.82, 2.24) is 14.4 Å². The third-order valence-electron chi connectivity index (χ3n) is 2.69. The maximum atomic E-state index is 8.97. The van der Waals surface area contributed by atoms with E-state index >= 15 is 0 Å². The Hall–Kier alpha value is -2.19. The molecule has 0 amide bonds. The summed E-state index contributed by atoms with van der Waals surface area (Å²) in [5.41, 5.74) is 2.54. The molecule has 0 radical (unpaired) electrons. The van der Waals surface area contributed by atoms with Crippen LogP contribution in [0.3, 0.4) is 0 Å². The Morgan fingerprint density at radius 3 is 3.06 bits per heavy atom. The lowest BCUT2D eigenvalue weighted by Crippen LogP contribution is -1.92. The summed E-state index contributed by atoms with van der Waals surface area (Å²) in [6.45, 7) is 2.04. The van der Waals surface area contributed by atoms with Crippen molar-refractivity contribution >= 4 is 16.3 Å². The number of aromatic nitrogens is 3. The van der Waals surface area contributed by atoms with Crippen LogP contribution < -0.4 is 0 Å². The van der Waals surface area contributed by atoms with Gasteiger partial charge < -0.3 is 0 Å². The monoisotopic (exact) mass is 254 g/mol. The maximum absolute atomic E-state index is 8.97. The van der Waals surface area contributed by atoms with Gasteiger partial charge in [0.2, 0.25) is 0 Å². The van der Waals surface area contributed by atoms with E-state index in [1.165, 1.54) is 4.88 Å². The van der Waals surface area contributed by atoms with Crippen molar-refractivity contribution < 1.29 is 0 Å². The Bertz CT molecular complexity index is 734. The SMILES string of the molecule is Cc1cn2c(CC#N)c(-c3ccccn3)nc2s1. The van der Waals surface area contributed by atoms with Crippen LogP contribution in [0.1, 0.15) is 10.6 Å². The molecule has 4 nitrogen and oxygen atoms in total. The van der Waals surface area contributed by atoms with Crippen LogP contribution in [0, 0.1) is 18.3 Å². The lowest BCUT2D eigenvalue weighted by molar-refractivity contribution is 1.06. The van der Waals surface area contributed by atoms with Gasteiger partial charge in [-0.05, 0) is 19.1 Å². The minimum atomic E-state index is 0.337. The van der Waals surface area contributed by atoms with Crippen LogP contribution in [0.15, 0.2) is 30.6 Å². The highest BCUT2D eigenvalue weighted by molar-refractivity contribution is 7.17. The zero-order chi connectivity index (χ0) is 12.5. The van der Waals surface area contributed by atoms with E-state index in [0.29, 0.717) is 6.42 Å². The second kappa shape index (κ2) is 4.24. The van der Waals surface area contributed by atoms with Gasteiger partial charge in [0.05, 0.1) is 23.9 Å². The summed E-state index contributed by atoms with van der Waals surface area (Å²) in [5, 5.41) is 8.97. The summed E-state index contributed by atoms with van der Waals surface area (Å²) in [4.78, 5) is 11.0. The Labute approximate surface area is 108 Å². The molecule has 0 aliphatic carbocycles. The van der Waals surface area contributed by atoms with Crippen molar-refractivity contribution in [3.63, 3.8) is 0 Å². The molecule has 18 heavy (non-hydrogen) atoms. The van der Waals surface area contributed by atoms with Crippen molar-refractivity contribution in [2.24, 2.45) is 0 Å². The molecule has 0 aromatic carbocycles. The highest BCUT2D eigenvalue weighted by atomic mass is 32.1. The number of aryl methyl sites for hydroxylation is 1. The summed E-state index contributed by atoms with van der Waals surface area (Å²) >= 11 is 1.62. The van der Waals surface area contributed by atoms with E-state index < -0.39 is 0 Å². The third-order valence-corrected chi connectivity index (χ3v) is 3.59. The number of thiazole rings is 1. The molecule has 3 heterocycles. The van der Waals surface area contributed by atoms with Crippen LogP contribution in [0.4, 0.5) is 0 Å². The Kier molecular flexibility index (Phi) is 2.58. The molecule has 3 aromatic rings. The molecule has 0 unspecified atom stereocenters. The first-order valence-electron chi connectivity index (χ1n) is 5.55. The maximum Gasteiger partial charge on any atom is 0.194 e. The summed E-state index contributed by atoms with van der Waals surface area (Å²) in [5.74, 6) is 0. The van der Waals surface area contributed by atoms with E-state index in [2.05, 4.69) is 16.0 Å². The van der Waals surface area contributed by atoms with E-state index in [9.17, 15) is 0 Å². The minimum absolute atomic E-state index is 0.337. The molecule has 3 rings (SSSR count). The van der Waals surface area contributed by atoms with Crippen molar-refractivity contribution in [2.45, 2.75) is 13.3 Å². The van der Waals surface area contributed by atoms with E-state index in [1.807, 2.05) is 35.7 Å². The van der Waals surface area contributed by atoms with Crippen LogP contribution in [0.2, 0.25) is 0 Å². The molecule has 0 aliphatic heterocycles. The fraction of sp³-hybridized carbons (Fsp3) is 0.154. The molecule has 0 N–H and O–H groups in total. The van der Waals surface area contributed by atoms with Crippen molar-refractivity contribution in [3.8, 4) is 17.5 Å². The summed E-state index contributed by atoms with van der Waals surface area (Å²) < 4.78 is 1.99. The van der Waals surface area contributed by atoms with Gasteiger partial charge in [0.1, 0.15) is 5.69 Å². The molecule has 88 valence electrons. The van der Waals surface area contributed by atoms with Gasteiger partial charge in [-0.2, -0.15) is 5.26 Å². The molecule has 0 fully saturated rings. The normalized spacial score (nSPS) is 10.7. The number of rotatable bonds is 2. The number of pyridine rings is 1. The molecular weight excluding hydrogens is 244 g/mol. The van der Waals surface area contributed by atoms with Crippen molar-refractivity contribution in [3.05, 3.63) is 41.2 Å². The number of hydrogen-bond acceptors (Lipinski definition) is 4. The Morgan fingerprint density at radius 1 is 1.44 bits per heavy atom. The highest BCUT2D eigenvalue weighted by Gasteiger charge is 2.16. The summed E-state index contributed by atoms with van der Waals surface area (Å²) in [6.07, 6.45) is 4.10. The predicted molar refractivity (Wildman–Crippen MR) is 70.4 cm³/mol. The average molecular weight is 254 g/mol. The fourth-order valence-electron chi connectivity index (χ4n) is 1.95. The van der Waals surface area contributed by atoms with Crippen LogP contribution >= 0.6 is 11.3 Å². The average Bonchev–Trinajstić information content (AvgIpc) is 2.89. The fourth-order valence-corrected chi connectivity index (χ4v) is 2.80. The number of fused-ring (bicyclic) bond motifs is 1. The number of imidazole rings is 1. The van der Waals surface area contributed by atoms with Crippen LogP contribution in [0.5, 0.6) is 0 Å². The number of nitrogens with zero attached hydrogens (tertiary/aromatic N) is 4. The van der Waals surface area contributed by atoms with Crippen LogP contribution in [-0.2, 0) is 6.42 Å². The molecular formula is C13H10N4S. The third kappa shape index (κ3) is 1.67. The zero-order valence-corrected chi connectivity index (χ0v) is 10.6. The standard InChI is InChI=1S/C13H10N4S/c1-9-8-17-11(5-6-14)12(16-13(17)18-9)10-4-2-3-7-15-10/h2-4,7-8H,5H2,1H3. The van der Waals surface area contributed by atoms with E-state index in [4.69, 9.17) is 5.26 Å². The highest BCUT2D eigenvalue weighted by Crippen LogP contribution is 2.27. The molecule has 0 aliphatic rings. The lowest BCUT2D eigenvalue weighted by Gasteiger charge is -1.99. The number of hydrogen-bond donors (Lipinski definition) is 0. The van der Waals surface area contributed by atoms with Gasteiger partial charge in [-0.25, -0.2) is 4.98 Å². The first-order chi connectivity index (χ1) is 8.79. The largest absolute Gasteiger partial charge is 0.293 e. The molecule has 3 aromatic heterocycles. The van der Waals surface area contributed by atoms with E-state index in [-0.39, 0.29) is 0 Å². The molecule has 0 saturated carbocycles. The lowest BCUT2D eigenvalue weighted by atomic mass is 10.2.